The molecular weight excluding hydrogens is 128 g/mol. The molecule has 2 nitrogen and oxygen atoms in total. The van der Waals surface area contributed by atoms with Crippen LogP contribution in [-0.2, 0) is 9.59 Å². The van der Waals surface area contributed by atoms with Crippen LogP contribution < -0.4 is 0 Å². The Morgan fingerprint density at radius 2 is 2.00 bits per heavy atom. The number of hydrogen-bond donors (Lipinski definition) is 0. The summed E-state index contributed by atoms with van der Waals surface area (Å²) in [6, 6.07) is 0. The zero-order valence-electron chi connectivity index (χ0n) is 5.94. The third-order valence-electron chi connectivity index (χ3n) is 0.994. The maximum atomic E-state index is 10.8. The quantitative estimate of drug-likeness (QED) is 0.545. The number of allylic oxidation sites excluding steroid dienone is 2. The van der Waals surface area contributed by atoms with Crippen LogP contribution in [-0.4, -0.2) is 12.1 Å². The lowest BCUT2D eigenvalue weighted by atomic mass is 10.1. The smallest absolute Gasteiger partial charge is 0.229 e. The molecule has 0 aliphatic rings. The first kappa shape index (κ1) is 8.82. The summed E-state index contributed by atoms with van der Waals surface area (Å²) >= 11 is 0. The fourth-order valence-corrected chi connectivity index (χ4v) is 0.381. The van der Waals surface area contributed by atoms with E-state index in [-0.39, 0.29) is 17.8 Å². The third-order valence-corrected chi connectivity index (χ3v) is 0.994. The van der Waals surface area contributed by atoms with Crippen LogP contribution in [0.4, 0.5) is 0 Å². The van der Waals surface area contributed by atoms with Crippen LogP contribution in [0.15, 0.2) is 24.3 Å². The van der Waals surface area contributed by atoms with Crippen LogP contribution in [0.1, 0.15) is 13.3 Å². The van der Waals surface area contributed by atoms with Crippen molar-refractivity contribution in [2.45, 2.75) is 13.3 Å². The summed E-state index contributed by atoms with van der Waals surface area (Å²) in [5, 5.41) is 0. The van der Waals surface area contributed by atoms with E-state index in [2.05, 4.69) is 13.2 Å². The number of hydrogen-bond acceptors (Lipinski definition) is 2. The van der Waals surface area contributed by atoms with Crippen LogP contribution >= 0.6 is 0 Å². The highest BCUT2D eigenvalue weighted by atomic mass is 16.1. The van der Waals surface area contributed by atoms with E-state index in [4.69, 9.17) is 0 Å². The first-order valence-electron chi connectivity index (χ1n) is 2.82. The summed E-state index contributed by atoms with van der Waals surface area (Å²) in [5.74, 6) is -0.159. The van der Waals surface area contributed by atoms with Crippen molar-refractivity contribution in [3.63, 3.8) is 0 Å². The molecule has 0 aromatic carbocycles. The standard InChI is InChI=1S/C8H9O2/c1-6(2)8(10)4-7(3)5-9/h1,3-4H2,2H3. The second kappa shape index (κ2) is 3.77. The molecule has 0 saturated heterocycles. The minimum atomic E-state index is -0.159. The van der Waals surface area contributed by atoms with E-state index in [1.807, 2.05) is 0 Å². The van der Waals surface area contributed by atoms with Crippen molar-refractivity contribution in [3.05, 3.63) is 24.3 Å². The second-order valence-corrected chi connectivity index (χ2v) is 2.09. The van der Waals surface area contributed by atoms with E-state index in [1.54, 1.807) is 13.2 Å². The number of rotatable bonds is 4. The Labute approximate surface area is 60.2 Å². The average molecular weight is 137 g/mol. The zero-order chi connectivity index (χ0) is 8.15. The molecule has 0 N–H and O–H groups in total. The largest absolute Gasteiger partial charge is 0.294 e. The molecule has 0 aliphatic carbocycles. The molecule has 0 spiro atoms. The summed E-state index contributed by atoms with van der Waals surface area (Å²) in [6.07, 6.45) is 1.58. The number of carbonyl (C=O) groups excluding carboxylic acids is 2. The molecule has 0 amide bonds. The van der Waals surface area contributed by atoms with Gasteiger partial charge in [-0.05, 0) is 12.5 Å². The lowest BCUT2D eigenvalue weighted by Gasteiger charge is -1.94. The van der Waals surface area contributed by atoms with Crippen molar-refractivity contribution in [2.24, 2.45) is 0 Å². The van der Waals surface area contributed by atoms with E-state index in [0.29, 0.717) is 5.57 Å². The number of ketones is 1. The first-order chi connectivity index (χ1) is 4.57. The van der Waals surface area contributed by atoms with Gasteiger partial charge in [0.05, 0.1) is 0 Å². The normalized spacial score (nSPS) is 8.50. The summed E-state index contributed by atoms with van der Waals surface area (Å²) in [7, 11) is 0. The van der Waals surface area contributed by atoms with Crippen LogP contribution in [0.25, 0.3) is 0 Å². The molecule has 0 rings (SSSR count). The highest BCUT2D eigenvalue weighted by Crippen LogP contribution is 2.00. The van der Waals surface area contributed by atoms with Gasteiger partial charge in [0.2, 0.25) is 6.29 Å². The third kappa shape index (κ3) is 2.97. The summed E-state index contributed by atoms with van der Waals surface area (Å²) < 4.78 is 0. The predicted octanol–water partition coefficient (Wildman–Crippen LogP) is 1.19. The molecule has 53 valence electrons. The molecule has 0 aromatic rings. The van der Waals surface area contributed by atoms with Crippen molar-refractivity contribution < 1.29 is 9.59 Å². The fourth-order valence-electron chi connectivity index (χ4n) is 0.381. The molecular formula is C8H9O2. The van der Waals surface area contributed by atoms with E-state index >= 15 is 0 Å². The van der Waals surface area contributed by atoms with Gasteiger partial charge in [0.1, 0.15) is 0 Å². The molecule has 2 heteroatoms. The van der Waals surface area contributed by atoms with Crippen LogP contribution in [0.3, 0.4) is 0 Å². The van der Waals surface area contributed by atoms with Crippen LogP contribution in [0, 0.1) is 0 Å². The second-order valence-electron chi connectivity index (χ2n) is 2.09. The Hall–Kier alpha value is -1.18. The SMILES string of the molecule is C=C([C]=O)CC(=O)C(=C)C. The van der Waals surface area contributed by atoms with Crippen molar-refractivity contribution in [2.75, 3.05) is 0 Å². The van der Waals surface area contributed by atoms with Crippen molar-refractivity contribution in [1.29, 1.82) is 0 Å². The van der Waals surface area contributed by atoms with Gasteiger partial charge in [-0.3, -0.25) is 9.59 Å². The Morgan fingerprint density at radius 3 is 2.30 bits per heavy atom. The minimum absolute atomic E-state index is 0.0405. The van der Waals surface area contributed by atoms with Crippen LogP contribution in [0.5, 0.6) is 0 Å². The van der Waals surface area contributed by atoms with Gasteiger partial charge in [-0.1, -0.05) is 13.2 Å². The highest BCUT2D eigenvalue weighted by Gasteiger charge is 2.03. The maximum Gasteiger partial charge on any atom is 0.229 e. The fraction of sp³-hybridized carbons (Fsp3) is 0.250. The molecule has 0 heterocycles. The van der Waals surface area contributed by atoms with Gasteiger partial charge >= 0.3 is 0 Å². The van der Waals surface area contributed by atoms with E-state index < -0.39 is 0 Å². The molecule has 1 radical (unpaired) electrons. The van der Waals surface area contributed by atoms with Gasteiger partial charge in [0, 0.05) is 12.0 Å². The highest BCUT2D eigenvalue weighted by molar-refractivity contribution is 5.98. The molecule has 0 aliphatic heterocycles. The van der Waals surface area contributed by atoms with E-state index in [1.165, 1.54) is 0 Å². The molecule has 0 unspecified atom stereocenters. The van der Waals surface area contributed by atoms with Gasteiger partial charge in [-0.2, -0.15) is 0 Å². The van der Waals surface area contributed by atoms with Gasteiger partial charge in [-0.15, -0.1) is 0 Å². The maximum absolute atomic E-state index is 10.8. The van der Waals surface area contributed by atoms with Crippen LogP contribution in [0.2, 0.25) is 0 Å². The Bertz CT molecular complexity index is 189. The molecule has 0 fully saturated rings. The van der Waals surface area contributed by atoms with Crippen molar-refractivity contribution in [3.8, 4) is 0 Å². The molecule has 10 heavy (non-hydrogen) atoms. The Kier molecular flexibility index (Phi) is 3.33. The number of Topliss-reactive ketones (excluding diaryl/α,β-unsaturated/α-hetero) is 1. The minimum Gasteiger partial charge on any atom is -0.294 e. The van der Waals surface area contributed by atoms with Crippen molar-refractivity contribution >= 4 is 12.1 Å². The Balaban J connectivity index is 3.92. The Morgan fingerprint density at radius 1 is 1.50 bits per heavy atom. The summed E-state index contributed by atoms with van der Waals surface area (Å²) in [6.45, 7) is 8.33. The lowest BCUT2D eigenvalue weighted by molar-refractivity contribution is -0.114. The molecule has 0 atom stereocenters. The zero-order valence-corrected chi connectivity index (χ0v) is 5.94. The molecule has 0 saturated carbocycles. The molecule has 0 bridgehead atoms. The lowest BCUT2D eigenvalue weighted by Crippen LogP contribution is -1.99. The topological polar surface area (TPSA) is 34.1 Å². The van der Waals surface area contributed by atoms with Gasteiger partial charge < -0.3 is 0 Å². The van der Waals surface area contributed by atoms with Gasteiger partial charge in [0.15, 0.2) is 5.78 Å². The first-order valence-corrected chi connectivity index (χ1v) is 2.82. The average Bonchev–Trinajstić information content (AvgIpc) is 1.87. The van der Waals surface area contributed by atoms with E-state index in [0.717, 1.165) is 0 Å². The summed E-state index contributed by atoms with van der Waals surface area (Å²) in [5.41, 5.74) is 0.615. The number of carbonyl (C=O) groups is 1. The van der Waals surface area contributed by atoms with Gasteiger partial charge in [-0.25, -0.2) is 0 Å². The predicted molar refractivity (Wildman–Crippen MR) is 39.3 cm³/mol. The van der Waals surface area contributed by atoms with E-state index in [9.17, 15) is 9.59 Å². The van der Waals surface area contributed by atoms with Crippen molar-refractivity contribution in [1.82, 2.24) is 0 Å². The monoisotopic (exact) mass is 137 g/mol. The van der Waals surface area contributed by atoms with Gasteiger partial charge in [0.25, 0.3) is 0 Å². The summed E-state index contributed by atoms with van der Waals surface area (Å²) in [4.78, 5) is 20.6. The molecule has 0 aromatic heterocycles.